The minimum Gasteiger partial charge on any atom is -0.494 e. The molecule has 1 aromatic carbocycles. The molecular weight excluding hydrogens is 286 g/mol. The molecule has 7 heteroatoms. The van der Waals surface area contributed by atoms with Gasteiger partial charge in [-0.3, -0.25) is 19.9 Å². The van der Waals surface area contributed by atoms with Gasteiger partial charge in [0, 0.05) is 11.9 Å². The second-order valence-electron chi connectivity index (χ2n) is 4.51. The maximum atomic E-state index is 12.1. The van der Waals surface area contributed by atoms with Crippen LogP contribution in [0.4, 0.5) is 11.4 Å². The number of benzene rings is 1. The number of amides is 1. The number of aryl methyl sites for hydroxylation is 1. The molecule has 0 atom stereocenters. The molecule has 0 aliphatic heterocycles. The molecule has 1 aromatic heterocycles. The van der Waals surface area contributed by atoms with Crippen LogP contribution in [0.5, 0.6) is 5.75 Å². The number of carbonyl (C=O) groups is 1. The summed E-state index contributed by atoms with van der Waals surface area (Å²) < 4.78 is 5.23. The molecule has 0 aliphatic carbocycles. The number of nitro groups is 1. The van der Waals surface area contributed by atoms with Gasteiger partial charge in [0.2, 0.25) is 0 Å². The third-order valence-electron chi connectivity index (χ3n) is 2.90. The van der Waals surface area contributed by atoms with E-state index in [9.17, 15) is 14.9 Å². The fraction of sp³-hybridized carbons (Fsp3) is 0.200. The van der Waals surface area contributed by atoms with E-state index in [0.717, 1.165) is 5.69 Å². The maximum absolute atomic E-state index is 12.1. The minimum atomic E-state index is -0.564. The Bertz CT molecular complexity index is 698. The number of carbonyl (C=O) groups excluding carboxylic acids is 1. The molecule has 0 bridgehead atoms. The van der Waals surface area contributed by atoms with Crippen molar-refractivity contribution >= 4 is 17.3 Å². The average molecular weight is 301 g/mol. The summed E-state index contributed by atoms with van der Waals surface area (Å²) in [6, 6.07) is 7.61. The molecule has 0 fully saturated rings. The zero-order valence-corrected chi connectivity index (χ0v) is 12.2. The Morgan fingerprint density at radius 2 is 2.14 bits per heavy atom. The van der Waals surface area contributed by atoms with Gasteiger partial charge in [-0.15, -0.1) is 0 Å². The van der Waals surface area contributed by atoms with Crippen LogP contribution in [0.2, 0.25) is 0 Å². The second-order valence-corrected chi connectivity index (χ2v) is 4.51. The molecule has 7 nitrogen and oxygen atoms in total. The molecular formula is C15H15N3O4. The number of pyridine rings is 1. The van der Waals surface area contributed by atoms with Crippen LogP contribution in [-0.4, -0.2) is 22.4 Å². The lowest BCUT2D eigenvalue weighted by molar-refractivity contribution is -0.384. The average Bonchev–Trinajstić information content (AvgIpc) is 2.49. The maximum Gasteiger partial charge on any atom is 0.296 e. The summed E-state index contributed by atoms with van der Waals surface area (Å²) in [5.74, 6) is -0.0797. The van der Waals surface area contributed by atoms with Crippen molar-refractivity contribution in [2.24, 2.45) is 0 Å². The summed E-state index contributed by atoms with van der Waals surface area (Å²) in [5, 5.41) is 13.6. The first-order chi connectivity index (χ1) is 10.5. The Morgan fingerprint density at radius 1 is 1.36 bits per heavy atom. The first-order valence-corrected chi connectivity index (χ1v) is 6.66. The van der Waals surface area contributed by atoms with Crippen LogP contribution in [0, 0.1) is 17.0 Å². The van der Waals surface area contributed by atoms with E-state index in [1.54, 1.807) is 32.0 Å². The highest BCUT2D eigenvalue weighted by atomic mass is 16.6. The Morgan fingerprint density at radius 3 is 2.73 bits per heavy atom. The Balaban J connectivity index is 2.26. The number of rotatable bonds is 5. The molecule has 114 valence electrons. The Labute approximate surface area is 127 Å². The molecule has 0 radical (unpaired) electrons. The molecule has 0 aliphatic rings. The number of ether oxygens (including phenoxy) is 1. The number of nitrogens with zero attached hydrogens (tertiary/aromatic N) is 2. The SMILES string of the molecule is CCOc1ccc(NC(=O)c2ccc(C)nc2)c([N+](=O)[O-])c1. The summed E-state index contributed by atoms with van der Waals surface area (Å²) in [7, 11) is 0. The number of nitrogens with one attached hydrogen (secondary N) is 1. The van der Waals surface area contributed by atoms with E-state index in [2.05, 4.69) is 10.3 Å². The van der Waals surface area contributed by atoms with Crippen LogP contribution in [0.25, 0.3) is 0 Å². The fourth-order valence-corrected chi connectivity index (χ4v) is 1.82. The van der Waals surface area contributed by atoms with Crippen LogP contribution in [-0.2, 0) is 0 Å². The largest absolute Gasteiger partial charge is 0.494 e. The number of nitro benzene ring substituents is 1. The van der Waals surface area contributed by atoms with Crippen molar-refractivity contribution in [3.05, 3.63) is 57.9 Å². The van der Waals surface area contributed by atoms with E-state index >= 15 is 0 Å². The van der Waals surface area contributed by atoms with Crippen molar-refractivity contribution in [3.8, 4) is 5.75 Å². The third kappa shape index (κ3) is 3.57. The van der Waals surface area contributed by atoms with Gasteiger partial charge in [-0.2, -0.15) is 0 Å². The van der Waals surface area contributed by atoms with Gasteiger partial charge in [0.15, 0.2) is 0 Å². The van der Waals surface area contributed by atoms with Crippen LogP contribution >= 0.6 is 0 Å². The van der Waals surface area contributed by atoms with Gasteiger partial charge in [-0.1, -0.05) is 0 Å². The Hall–Kier alpha value is -2.96. The van der Waals surface area contributed by atoms with Gasteiger partial charge in [0.1, 0.15) is 11.4 Å². The van der Waals surface area contributed by atoms with Gasteiger partial charge < -0.3 is 10.1 Å². The summed E-state index contributed by atoms with van der Waals surface area (Å²) >= 11 is 0. The van der Waals surface area contributed by atoms with E-state index in [1.165, 1.54) is 18.3 Å². The molecule has 0 unspecified atom stereocenters. The molecule has 1 heterocycles. The van der Waals surface area contributed by atoms with Gasteiger partial charge in [0.05, 0.1) is 23.2 Å². The molecule has 0 spiro atoms. The van der Waals surface area contributed by atoms with Crippen molar-refractivity contribution < 1.29 is 14.5 Å². The van der Waals surface area contributed by atoms with Crippen LogP contribution in [0.1, 0.15) is 23.0 Å². The number of aromatic nitrogens is 1. The summed E-state index contributed by atoms with van der Waals surface area (Å²) in [5.41, 5.74) is 0.996. The Kier molecular flexibility index (Phi) is 4.67. The predicted octanol–water partition coefficient (Wildman–Crippen LogP) is 2.95. The first kappa shape index (κ1) is 15.4. The van der Waals surface area contributed by atoms with Crippen LogP contribution in [0.15, 0.2) is 36.5 Å². The molecule has 1 amide bonds. The molecule has 0 saturated carbocycles. The van der Waals surface area contributed by atoms with Crippen molar-refractivity contribution in [2.75, 3.05) is 11.9 Å². The minimum absolute atomic E-state index is 0.110. The highest BCUT2D eigenvalue weighted by Gasteiger charge is 2.18. The predicted molar refractivity (Wildman–Crippen MR) is 81.2 cm³/mol. The van der Waals surface area contributed by atoms with Crippen molar-refractivity contribution in [1.29, 1.82) is 0 Å². The third-order valence-corrected chi connectivity index (χ3v) is 2.90. The lowest BCUT2D eigenvalue weighted by Gasteiger charge is -2.08. The quantitative estimate of drug-likeness (QED) is 0.676. The highest BCUT2D eigenvalue weighted by Crippen LogP contribution is 2.29. The molecule has 22 heavy (non-hydrogen) atoms. The monoisotopic (exact) mass is 301 g/mol. The van der Waals surface area contributed by atoms with Gasteiger partial charge in [-0.05, 0) is 38.1 Å². The normalized spacial score (nSPS) is 10.1. The highest BCUT2D eigenvalue weighted by molar-refractivity contribution is 6.05. The molecule has 2 aromatic rings. The van der Waals surface area contributed by atoms with Crippen molar-refractivity contribution in [2.45, 2.75) is 13.8 Å². The first-order valence-electron chi connectivity index (χ1n) is 6.66. The van der Waals surface area contributed by atoms with E-state index in [4.69, 9.17) is 4.74 Å². The number of hydrogen-bond acceptors (Lipinski definition) is 5. The van der Waals surface area contributed by atoms with Crippen LogP contribution < -0.4 is 10.1 Å². The molecule has 1 N–H and O–H groups in total. The number of anilines is 1. The van der Waals surface area contributed by atoms with E-state index < -0.39 is 10.8 Å². The lowest BCUT2D eigenvalue weighted by atomic mass is 10.2. The molecule has 0 saturated heterocycles. The van der Waals surface area contributed by atoms with Gasteiger partial charge in [-0.25, -0.2) is 0 Å². The summed E-state index contributed by atoms with van der Waals surface area (Å²) in [6.07, 6.45) is 1.42. The van der Waals surface area contributed by atoms with Gasteiger partial charge >= 0.3 is 0 Å². The van der Waals surface area contributed by atoms with Gasteiger partial charge in [0.25, 0.3) is 11.6 Å². The van der Waals surface area contributed by atoms with E-state index in [1.807, 2.05) is 0 Å². The van der Waals surface area contributed by atoms with E-state index in [-0.39, 0.29) is 11.4 Å². The smallest absolute Gasteiger partial charge is 0.296 e. The zero-order chi connectivity index (χ0) is 16.1. The summed E-state index contributed by atoms with van der Waals surface area (Å²) in [4.78, 5) is 26.7. The lowest BCUT2D eigenvalue weighted by Crippen LogP contribution is -2.13. The van der Waals surface area contributed by atoms with Crippen molar-refractivity contribution in [3.63, 3.8) is 0 Å². The van der Waals surface area contributed by atoms with E-state index in [0.29, 0.717) is 17.9 Å². The van der Waals surface area contributed by atoms with Crippen molar-refractivity contribution in [1.82, 2.24) is 4.98 Å². The number of hydrogen-bond donors (Lipinski definition) is 1. The second kappa shape index (κ2) is 6.66. The van der Waals surface area contributed by atoms with Crippen LogP contribution in [0.3, 0.4) is 0 Å². The zero-order valence-electron chi connectivity index (χ0n) is 12.2. The topological polar surface area (TPSA) is 94.4 Å². The molecule has 2 rings (SSSR count). The fourth-order valence-electron chi connectivity index (χ4n) is 1.82. The summed E-state index contributed by atoms with van der Waals surface area (Å²) in [6.45, 7) is 3.99. The standard InChI is InChI=1S/C15H15N3O4/c1-3-22-12-6-7-13(14(8-12)18(20)21)17-15(19)11-5-4-10(2)16-9-11/h4-9H,3H2,1-2H3,(H,17,19).